The molecule has 1 aromatic rings. The SMILES string of the molecule is CC(=O)N1CCN(C(=O)c2n[nH]c(C)n2)CC1. The fourth-order valence-corrected chi connectivity index (χ4v) is 1.80. The van der Waals surface area contributed by atoms with Crippen LogP contribution in [0.25, 0.3) is 0 Å². The molecule has 2 heterocycles. The molecular formula is C10H15N5O2. The first kappa shape index (κ1) is 11.6. The van der Waals surface area contributed by atoms with Gasteiger partial charge in [-0.15, -0.1) is 5.10 Å². The molecular weight excluding hydrogens is 222 g/mol. The molecule has 1 saturated heterocycles. The first-order valence-corrected chi connectivity index (χ1v) is 5.51. The van der Waals surface area contributed by atoms with Crippen LogP contribution in [0.5, 0.6) is 0 Å². The molecule has 0 aliphatic carbocycles. The monoisotopic (exact) mass is 237 g/mol. The highest BCUT2D eigenvalue weighted by molar-refractivity contribution is 5.90. The summed E-state index contributed by atoms with van der Waals surface area (Å²) in [6, 6.07) is 0. The maximum absolute atomic E-state index is 12.0. The molecule has 1 fully saturated rings. The fraction of sp³-hybridized carbons (Fsp3) is 0.600. The molecule has 2 amide bonds. The summed E-state index contributed by atoms with van der Waals surface area (Å²) in [5, 5.41) is 6.48. The van der Waals surface area contributed by atoms with Crippen molar-refractivity contribution >= 4 is 11.8 Å². The molecule has 0 atom stereocenters. The second kappa shape index (κ2) is 4.52. The Hall–Kier alpha value is -1.92. The standard InChI is InChI=1S/C10H15N5O2/c1-7-11-9(13-12-7)10(17)15-5-3-14(4-6-15)8(2)16/h3-6H2,1-2H3,(H,11,12,13). The van der Waals surface area contributed by atoms with E-state index in [4.69, 9.17) is 0 Å². The summed E-state index contributed by atoms with van der Waals surface area (Å²) in [6.07, 6.45) is 0. The number of rotatable bonds is 1. The van der Waals surface area contributed by atoms with Crippen molar-refractivity contribution in [1.29, 1.82) is 0 Å². The summed E-state index contributed by atoms with van der Waals surface area (Å²) in [6.45, 7) is 5.50. The molecule has 7 nitrogen and oxygen atoms in total. The Morgan fingerprint density at radius 3 is 2.24 bits per heavy atom. The summed E-state index contributed by atoms with van der Waals surface area (Å²) in [5.41, 5.74) is 0. The third kappa shape index (κ3) is 2.43. The van der Waals surface area contributed by atoms with Crippen LogP contribution in [0, 0.1) is 6.92 Å². The molecule has 1 aliphatic heterocycles. The second-order valence-electron chi connectivity index (χ2n) is 4.04. The molecule has 17 heavy (non-hydrogen) atoms. The van der Waals surface area contributed by atoms with E-state index in [9.17, 15) is 9.59 Å². The van der Waals surface area contributed by atoms with Gasteiger partial charge in [0.1, 0.15) is 5.82 Å². The molecule has 1 aliphatic rings. The van der Waals surface area contributed by atoms with Gasteiger partial charge in [0, 0.05) is 33.1 Å². The Labute approximate surface area is 98.8 Å². The Morgan fingerprint density at radius 1 is 1.18 bits per heavy atom. The van der Waals surface area contributed by atoms with Gasteiger partial charge in [-0.1, -0.05) is 0 Å². The van der Waals surface area contributed by atoms with Crippen LogP contribution in [0.2, 0.25) is 0 Å². The number of hydrogen-bond acceptors (Lipinski definition) is 4. The summed E-state index contributed by atoms with van der Waals surface area (Å²) in [4.78, 5) is 30.5. The first-order valence-electron chi connectivity index (χ1n) is 5.51. The number of aromatic nitrogens is 3. The Kier molecular flexibility index (Phi) is 3.08. The zero-order valence-electron chi connectivity index (χ0n) is 9.93. The number of carbonyl (C=O) groups excluding carboxylic acids is 2. The molecule has 0 radical (unpaired) electrons. The van der Waals surface area contributed by atoms with Gasteiger partial charge in [0.2, 0.25) is 11.7 Å². The highest BCUT2D eigenvalue weighted by atomic mass is 16.2. The van der Waals surface area contributed by atoms with Gasteiger partial charge in [-0.05, 0) is 6.92 Å². The third-order valence-corrected chi connectivity index (χ3v) is 2.80. The van der Waals surface area contributed by atoms with Gasteiger partial charge in [0.15, 0.2) is 0 Å². The molecule has 0 spiro atoms. The zero-order chi connectivity index (χ0) is 12.4. The first-order chi connectivity index (χ1) is 8.08. The number of nitrogens with zero attached hydrogens (tertiary/aromatic N) is 4. The lowest BCUT2D eigenvalue weighted by atomic mass is 10.3. The Balaban J connectivity index is 1.97. The lowest BCUT2D eigenvalue weighted by molar-refractivity contribution is -0.130. The largest absolute Gasteiger partial charge is 0.339 e. The maximum atomic E-state index is 12.0. The lowest BCUT2D eigenvalue weighted by Gasteiger charge is -2.33. The average Bonchev–Trinajstić information content (AvgIpc) is 2.75. The summed E-state index contributed by atoms with van der Waals surface area (Å²) in [7, 11) is 0. The van der Waals surface area contributed by atoms with E-state index in [2.05, 4.69) is 15.2 Å². The minimum Gasteiger partial charge on any atom is -0.339 e. The lowest BCUT2D eigenvalue weighted by Crippen LogP contribution is -2.50. The summed E-state index contributed by atoms with van der Waals surface area (Å²) < 4.78 is 0. The molecule has 92 valence electrons. The second-order valence-corrected chi connectivity index (χ2v) is 4.04. The van der Waals surface area contributed by atoms with E-state index in [1.54, 1.807) is 16.7 Å². The summed E-state index contributed by atoms with van der Waals surface area (Å²) in [5.74, 6) is 0.679. The van der Waals surface area contributed by atoms with Crippen molar-refractivity contribution in [3.8, 4) is 0 Å². The van der Waals surface area contributed by atoms with Crippen LogP contribution < -0.4 is 0 Å². The minimum absolute atomic E-state index is 0.0471. The van der Waals surface area contributed by atoms with Crippen molar-refractivity contribution < 1.29 is 9.59 Å². The number of nitrogens with one attached hydrogen (secondary N) is 1. The number of carbonyl (C=O) groups is 2. The number of amides is 2. The van der Waals surface area contributed by atoms with Crippen molar-refractivity contribution in [3.63, 3.8) is 0 Å². The van der Waals surface area contributed by atoms with E-state index in [0.29, 0.717) is 32.0 Å². The molecule has 1 N–H and O–H groups in total. The molecule has 0 saturated carbocycles. The van der Waals surface area contributed by atoms with Crippen LogP contribution in [-0.2, 0) is 4.79 Å². The van der Waals surface area contributed by atoms with E-state index >= 15 is 0 Å². The average molecular weight is 237 g/mol. The van der Waals surface area contributed by atoms with Crippen LogP contribution in [0.3, 0.4) is 0 Å². The fourth-order valence-electron chi connectivity index (χ4n) is 1.80. The van der Waals surface area contributed by atoms with Gasteiger partial charge in [0.25, 0.3) is 5.91 Å². The minimum atomic E-state index is -0.183. The smallest absolute Gasteiger partial charge is 0.293 e. The molecule has 0 bridgehead atoms. The van der Waals surface area contributed by atoms with E-state index < -0.39 is 0 Å². The summed E-state index contributed by atoms with van der Waals surface area (Å²) >= 11 is 0. The quantitative estimate of drug-likeness (QED) is 0.708. The molecule has 0 aromatic carbocycles. The highest BCUT2D eigenvalue weighted by Crippen LogP contribution is 2.05. The van der Waals surface area contributed by atoms with Crippen molar-refractivity contribution in [3.05, 3.63) is 11.6 Å². The van der Waals surface area contributed by atoms with Crippen molar-refractivity contribution in [2.45, 2.75) is 13.8 Å². The molecule has 1 aromatic heterocycles. The normalized spacial score (nSPS) is 16.1. The van der Waals surface area contributed by atoms with Gasteiger partial charge in [-0.3, -0.25) is 14.7 Å². The van der Waals surface area contributed by atoms with Crippen molar-refractivity contribution in [1.82, 2.24) is 25.0 Å². The van der Waals surface area contributed by atoms with Gasteiger partial charge >= 0.3 is 0 Å². The third-order valence-electron chi connectivity index (χ3n) is 2.80. The number of piperazine rings is 1. The van der Waals surface area contributed by atoms with E-state index in [1.165, 1.54) is 6.92 Å². The van der Waals surface area contributed by atoms with Gasteiger partial charge in [0.05, 0.1) is 0 Å². The van der Waals surface area contributed by atoms with Gasteiger partial charge in [-0.25, -0.2) is 4.98 Å². The number of hydrogen-bond donors (Lipinski definition) is 1. The predicted molar refractivity (Wildman–Crippen MR) is 59.3 cm³/mol. The van der Waals surface area contributed by atoms with E-state index in [1.807, 2.05) is 0 Å². The van der Waals surface area contributed by atoms with Crippen LogP contribution >= 0.6 is 0 Å². The molecule has 7 heteroatoms. The maximum Gasteiger partial charge on any atom is 0.293 e. The number of aryl methyl sites for hydroxylation is 1. The highest BCUT2D eigenvalue weighted by Gasteiger charge is 2.25. The molecule has 0 unspecified atom stereocenters. The topological polar surface area (TPSA) is 82.2 Å². The number of aromatic amines is 1. The van der Waals surface area contributed by atoms with E-state index in [0.717, 1.165) is 0 Å². The zero-order valence-corrected chi connectivity index (χ0v) is 9.93. The Bertz CT molecular complexity index is 434. The molecule has 2 rings (SSSR count). The van der Waals surface area contributed by atoms with Crippen LogP contribution in [0.4, 0.5) is 0 Å². The van der Waals surface area contributed by atoms with Crippen molar-refractivity contribution in [2.24, 2.45) is 0 Å². The van der Waals surface area contributed by atoms with Gasteiger partial charge < -0.3 is 9.80 Å². The van der Waals surface area contributed by atoms with Crippen LogP contribution in [0.15, 0.2) is 0 Å². The predicted octanol–water partition coefficient (Wildman–Crippen LogP) is -0.583. The van der Waals surface area contributed by atoms with Gasteiger partial charge in [-0.2, -0.15) is 0 Å². The van der Waals surface area contributed by atoms with E-state index in [-0.39, 0.29) is 17.6 Å². The Morgan fingerprint density at radius 2 is 1.76 bits per heavy atom. The van der Waals surface area contributed by atoms with Crippen LogP contribution in [0.1, 0.15) is 23.4 Å². The number of H-pyrrole nitrogens is 1. The van der Waals surface area contributed by atoms with Crippen LogP contribution in [-0.4, -0.2) is 63.0 Å². The van der Waals surface area contributed by atoms with Crippen molar-refractivity contribution in [2.75, 3.05) is 26.2 Å².